The van der Waals surface area contributed by atoms with Gasteiger partial charge in [0.05, 0.1) is 19.3 Å². The quantitative estimate of drug-likeness (QED) is 0.488. The minimum Gasteiger partial charge on any atom is -0.496 e. The molecule has 0 saturated heterocycles. The smallest absolute Gasteiger partial charge is 0.191 e. The zero-order valence-electron chi connectivity index (χ0n) is 16.5. The second-order valence-corrected chi connectivity index (χ2v) is 6.37. The van der Waals surface area contributed by atoms with Gasteiger partial charge in [0.1, 0.15) is 18.4 Å². The molecule has 3 aromatic rings. The molecule has 0 unspecified atom stereocenters. The Labute approximate surface area is 165 Å². The summed E-state index contributed by atoms with van der Waals surface area (Å²) in [7, 11) is 1.69. The van der Waals surface area contributed by atoms with E-state index in [1.54, 1.807) is 18.1 Å². The number of aryl methyl sites for hydroxylation is 1. The van der Waals surface area contributed by atoms with Crippen molar-refractivity contribution in [2.24, 2.45) is 4.99 Å². The maximum Gasteiger partial charge on any atom is 0.191 e. The van der Waals surface area contributed by atoms with E-state index >= 15 is 0 Å². The number of rotatable bonds is 7. The number of hydrogen-bond donors (Lipinski definition) is 2. The van der Waals surface area contributed by atoms with Gasteiger partial charge >= 0.3 is 0 Å². The Kier molecular flexibility index (Phi) is 6.62. The SMILES string of the molecule is CCNC(=NCc1ccc(-n2cncn2)cc1)NCc1ccc(C)cc1OC. The van der Waals surface area contributed by atoms with Gasteiger partial charge in [0, 0.05) is 18.7 Å². The fourth-order valence-corrected chi connectivity index (χ4v) is 2.78. The lowest BCUT2D eigenvalue weighted by Crippen LogP contribution is -2.36. The van der Waals surface area contributed by atoms with Gasteiger partial charge in [-0.05, 0) is 43.2 Å². The summed E-state index contributed by atoms with van der Waals surface area (Å²) in [5.74, 6) is 1.65. The highest BCUT2D eigenvalue weighted by molar-refractivity contribution is 5.79. The lowest BCUT2D eigenvalue weighted by Gasteiger charge is -2.14. The van der Waals surface area contributed by atoms with Crippen molar-refractivity contribution < 1.29 is 4.74 Å². The molecule has 0 bridgehead atoms. The molecule has 0 aliphatic carbocycles. The molecule has 0 saturated carbocycles. The van der Waals surface area contributed by atoms with Gasteiger partial charge in [0.25, 0.3) is 0 Å². The molecular formula is C21H26N6O. The number of hydrogen-bond acceptors (Lipinski definition) is 4. The second-order valence-electron chi connectivity index (χ2n) is 6.37. The number of aromatic nitrogens is 3. The second kappa shape index (κ2) is 9.55. The molecule has 0 radical (unpaired) electrons. The first kappa shape index (κ1) is 19.4. The van der Waals surface area contributed by atoms with E-state index in [0.29, 0.717) is 13.1 Å². The van der Waals surface area contributed by atoms with Gasteiger partial charge in [-0.15, -0.1) is 0 Å². The summed E-state index contributed by atoms with van der Waals surface area (Å²) in [5.41, 5.74) is 4.36. The van der Waals surface area contributed by atoms with Crippen LogP contribution in [0.1, 0.15) is 23.6 Å². The lowest BCUT2D eigenvalue weighted by molar-refractivity contribution is 0.408. The van der Waals surface area contributed by atoms with E-state index in [1.165, 1.54) is 11.9 Å². The van der Waals surface area contributed by atoms with Crippen molar-refractivity contribution in [1.29, 1.82) is 0 Å². The molecule has 0 fully saturated rings. The van der Waals surface area contributed by atoms with Crippen LogP contribution < -0.4 is 15.4 Å². The topological polar surface area (TPSA) is 76.4 Å². The molecule has 146 valence electrons. The number of methoxy groups -OCH3 is 1. The highest BCUT2D eigenvalue weighted by Crippen LogP contribution is 2.19. The predicted octanol–water partition coefficient (Wildman–Crippen LogP) is 2.84. The maximum absolute atomic E-state index is 5.48. The summed E-state index contributed by atoms with van der Waals surface area (Å²) < 4.78 is 7.21. The number of nitrogens with one attached hydrogen (secondary N) is 2. The van der Waals surface area contributed by atoms with Crippen LogP contribution in [-0.4, -0.2) is 34.4 Å². The molecule has 2 N–H and O–H groups in total. The molecule has 7 heteroatoms. The third-order valence-electron chi connectivity index (χ3n) is 4.27. The van der Waals surface area contributed by atoms with Crippen molar-refractivity contribution in [2.45, 2.75) is 26.9 Å². The summed E-state index contributed by atoms with van der Waals surface area (Å²) in [6.07, 6.45) is 3.20. The van der Waals surface area contributed by atoms with Crippen LogP contribution in [0.2, 0.25) is 0 Å². The Balaban J connectivity index is 1.64. The molecule has 1 heterocycles. The van der Waals surface area contributed by atoms with Gasteiger partial charge in [-0.2, -0.15) is 5.10 Å². The van der Waals surface area contributed by atoms with Crippen LogP contribution in [-0.2, 0) is 13.1 Å². The van der Waals surface area contributed by atoms with E-state index in [0.717, 1.165) is 35.1 Å². The Hall–Kier alpha value is -3.35. The van der Waals surface area contributed by atoms with Crippen molar-refractivity contribution in [1.82, 2.24) is 25.4 Å². The molecule has 2 aromatic carbocycles. The molecule has 1 aromatic heterocycles. The van der Waals surface area contributed by atoms with Gasteiger partial charge in [-0.3, -0.25) is 0 Å². The zero-order valence-corrected chi connectivity index (χ0v) is 16.5. The molecule has 0 atom stereocenters. The van der Waals surface area contributed by atoms with Gasteiger partial charge in [0.15, 0.2) is 5.96 Å². The average molecular weight is 378 g/mol. The first-order valence-electron chi connectivity index (χ1n) is 9.29. The van der Waals surface area contributed by atoms with Gasteiger partial charge in [0.2, 0.25) is 0 Å². The summed E-state index contributed by atoms with van der Waals surface area (Å²) >= 11 is 0. The van der Waals surface area contributed by atoms with Crippen LogP contribution in [0.4, 0.5) is 0 Å². The van der Waals surface area contributed by atoms with Gasteiger partial charge < -0.3 is 15.4 Å². The first-order valence-corrected chi connectivity index (χ1v) is 9.29. The lowest BCUT2D eigenvalue weighted by atomic mass is 10.1. The highest BCUT2D eigenvalue weighted by atomic mass is 16.5. The molecule has 0 aliphatic heterocycles. The number of ether oxygens (including phenoxy) is 1. The van der Waals surface area contributed by atoms with Gasteiger partial charge in [-0.25, -0.2) is 14.7 Å². The minimum absolute atomic E-state index is 0.581. The number of aliphatic imine (C=N–C) groups is 1. The highest BCUT2D eigenvalue weighted by Gasteiger charge is 2.05. The largest absolute Gasteiger partial charge is 0.496 e. The van der Waals surface area contributed by atoms with Gasteiger partial charge in [-0.1, -0.05) is 24.3 Å². The van der Waals surface area contributed by atoms with E-state index in [2.05, 4.69) is 51.7 Å². The molecule has 0 spiro atoms. The predicted molar refractivity (Wildman–Crippen MR) is 111 cm³/mol. The summed E-state index contributed by atoms with van der Waals surface area (Å²) in [5, 5.41) is 10.8. The minimum atomic E-state index is 0.581. The van der Waals surface area contributed by atoms with E-state index in [-0.39, 0.29) is 0 Å². The maximum atomic E-state index is 5.48. The van der Waals surface area contributed by atoms with Crippen molar-refractivity contribution in [3.05, 3.63) is 71.8 Å². The van der Waals surface area contributed by atoms with Crippen LogP contribution in [0.15, 0.2) is 60.1 Å². The van der Waals surface area contributed by atoms with Crippen molar-refractivity contribution in [3.63, 3.8) is 0 Å². The van der Waals surface area contributed by atoms with E-state index in [4.69, 9.17) is 4.74 Å². The zero-order chi connectivity index (χ0) is 19.8. The Morgan fingerprint density at radius 1 is 1.14 bits per heavy atom. The standard InChI is InChI=1S/C21H26N6O/c1-4-23-21(25-13-18-8-5-16(2)11-20(18)28-3)24-12-17-6-9-19(10-7-17)27-15-22-14-26-27/h5-11,14-15H,4,12-13H2,1-3H3,(H2,23,24,25). The summed E-state index contributed by atoms with van der Waals surface area (Å²) in [6.45, 7) is 6.12. The van der Waals surface area contributed by atoms with E-state index < -0.39 is 0 Å². The van der Waals surface area contributed by atoms with E-state index in [9.17, 15) is 0 Å². The molecule has 0 amide bonds. The fraction of sp³-hybridized carbons (Fsp3) is 0.286. The third-order valence-corrected chi connectivity index (χ3v) is 4.27. The monoisotopic (exact) mass is 378 g/mol. The average Bonchev–Trinajstić information content (AvgIpc) is 3.26. The van der Waals surface area contributed by atoms with Crippen LogP contribution in [0.3, 0.4) is 0 Å². The van der Waals surface area contributed by atoms with Crippen molar-refractivity contribution >= 4 is 5.96 Å². The number of guanidine groups is 1. The van der Waals surface area contributed by atoms with Crippen LogP contribution in [0, 0.1) is 6.92 Å². The molecule has 28 heavy (non-hydrogen) atoms. The Morgan fingerprint density at radius 3 is 2.64 bits per heavy atom. The first-order chi connectivity index (χ1) is 13.7. The number of benzene rings is 2. The van der Waals surface area contributed by atoms with Crippen LogP contribution >= 0.6 is 0 Å². The van der Waals surface area contributed by atoms with E-state index in [1.807, 2.05) is 30.3 Å². The van der Waals surface area contributed by atoms with Crippen LogP contribution in [0.5, 0.6) is 5.75 Å². The molecule has 0 aliphatic rings. The van der Waals surface area contributed by atoms with Crippen molar-refractivity contribution in [3.8, 4) is 11.4 Å². The Morgan fingerprint density at radius 2 is 1.96 bits per heavy atom. The molecule has 7 nitrogen and oxygen atoms in total. The summed E-state index contributed by atoms with van der Waals surface area (Å²) in [6, 6.07) is 14.3. The van der Waals surface area contributed by atoms with Crippen LogP contribution in [0.25, 0.3) is 5.69 Å². The summed E-state index contributed by atoms with van der Waals surface area (Å²) in [4.78, 5) is 8.65. The molecule has 3 rings (SSSR count). The van der Waals surface area contributed by atoms with Crippen molar-refractivity contribution in [2.75, 3.05) is 13.7 Å². The Bertz CT molecular complexity index is 903. The number of nitrogens with zero attached hydrogens (tertiary/aromatic N) is 4. The normalized spacial score (nSPS) is 11.3. The third kappa shape index (κ3) is 5.09. The molecular weight excluding hydrogens is 352 g/mol. The fourth-order valence-electron chi connectivity index (χ4n) is 2.78.